The summed E-state index contributed by atoms with van der Waals surface area (Å²) >= 11 is 0. The molecule has 3 aromatic rings. The van der Waals surface area contributed by atoms with Gasteiger partial charge in [0.05, 0.1) is 11.9 Å². The van der Waals surface area contributed by atoms with Gasteiger partial charge in [0.1, 0.15) is 6.26 Å². The average Bonchev–Trinajstić information content (AvgIpc) is 3.32. The fourth-order valence-electron chi connectivity index (χ4n) is 3.49. The van der Waals surface area contributed by atoms with Crippen LogP contribution in [-0.2, 0) is 6.54 Å². The fraction of sp³-hybridized carbons (Fsp3) is 0.316. The van der Waals surface area contributed by atoms with Crippen LogP contribution >= 0.6 is 0 Å². The summed E-state index contributed by atoms with van der Waals surface area (Å²) < 4.78 is 35.9. The number of anilines is 1. The number of nitrogens with zero attached hydrogens (tertiary/aromatic N) is 3. The first-order valence-corrected chi connectivity index (χ1v) is 8.46. The van der Waals surface area contributed by atoms with E-state index in [9.17, 15) is 8.78 Å². The molecule has 130 valence electrons. The van der Waals surface area contributed by atoms with E-state index in [4.69, 9.17) is 4.52 Å². The minimum absolute atomic E-state index is 0.171. The van der Waals surface area contributed by atoms with E-state index >= 15 is 0 Å². The Bertz CT molecular complexity index is 823. The predicted octanol–water partition coefficient (Wildman–Crippen LogP) is 4.34. The SMILES string of the molecule is Fc1c(-c2cnoc2)ccc(N2CCC(Cn3cccc3)CC2)c1F. The van der Waals surface area contributed by atoms with Gasteiger partial charge in [0.25, 0.3) is 0 Å². The smallest absolute Gasteiger partial charge is 0.182 e. The second-order valence-corrected chi connectivity index (χ2v) is 6.48. The van der Waals surface area contributed by atoms with Crippen LogP contribution in [0.1, 0.15) is 12.8 Å². The summed E-state index contributed by atoms with van der Waals surface area (Å²) in [4.78, 5) is 1.93. The van der Waals surface area contributed by atoms with Crippen LogP contribution in [0.15, 0.2) is 53.6 Å². The summed E-state index contributed by atoms with van der Waals surface area (Å²) in [6.45, 7) is 2.44. The van der Waals surface area contributed by atoms with Crippen molar-refractivity contribution in [3.63, 3.8) is 0 Å². The van der Waals surface area contributed by atoms with Crippen molar-refractivity contribution in [1.82, 2.24) is 9.72 Å². The van der Waals surface area contributed by atoms with Crippen LogP contribution in [0.5, 0.6) is 0 Å². The zero-order valence-electron chi connectivity index (χ0n) is 13.7. The molecule has 0 atom stereocenters. The Labute approximate surface area is 144 Å². The van der Waals surface area contributed by atoms with Gasteiger partial charge in [-0.15, -0.1) is 0 Å². The molecule has 4 nitrogen and oxygen atoms in total. The predicted molar refractivity (Wildman–Crippen MR) is 91.2 cm³/mol. The van der Waals surface area contributed by atoms with Crippen LogP contribution in [0.2, 0.25) is 0 Å². The van der Waals surface area contributed by atoms with E-state index in [2.05, 4.69) is 22.1 Å². The van der Waals surface area contributed by atoms with E-state index < -0.39 is 11.6 Å². The summed E-state index contributed by atoms with van der Waals surface area (Å²) in [5.74, 6) is -1.09. The van der Waals surface area contributed by atoms with Crippen LogP contribution in [0, 0.1) is 17.6 Å². The number of piperidine rings is 1. The summed E-state index contributed by atoms with van der Waals surface area (Å²) in [7, 11) is 0. The van der Waals surface area contributed by atoms with E-state index in [0.29, 0.717) is 17.2 Å². The van der Waals surface area contributed by atoms with Crippen molar-refractivity contribution in [3.05, 3.63) is 60.8 Å². The van der Waals surface area contributed by atoms with Gasteiger partial charge in [0, 0.05) is 43.2 Å². The van der Waals surface area contributed by atoms with Crippen molar-refractivity contribution < 1.29 is 13.3 Å². The lowest BCUT2D eigenvalue weighted by atomic mass is 9.96. The van der Waals surface area contributed by atoms with Gasteiger partial charge < -0.3 is 14.0 Å². The van der Waals surface area contributed by atoms with Crippen LogP contribution < -0.4 is 4.90 Å². The van der Waals surface area contributed by atoms with Gasteiger partial charge in [-0.3, -0.25) is 0 Å². The van der Waals surface area contributed by atoms with Crippen molar-refractivity contribution in [2.24, 2.45) is 5.92 Å². The lowest BCUT2D eigenvalue weighted by Crippen LogP contribution is -2.35. The highest BCUT2D eigenvalue weighted by molar-refractivity contribution is 5.66. The number of rotatable bonds is 4. The maximum Gasteiger partial charge on any atom is 0.182 e. The van der Waals surface area contributed by atoms with Gasteiger partial charge in [-0.2, -0.15) is 0 Å². The van der Waals surface area contributed by atoms with Crippen molar-refractivity contribution >= 4 is 5.69 Å². The maximum atomic E-state index is 14.6. The van der Waals surface area contributed by atoms with Gasteiger partial charge in [0.2, 0.25) is 0 Å². The molecule has 1 aliphatic heterocycles. The highest BCUT2D eigenvalue weighted by Crippen LogP contribution is 2.32. The molecule has 0 unspecified atom stereocenters. The third-order valence-corrected chi connectivity index (χ3v) is 4.90. The molecule has 0 amide bonds. The van der Waals surface area contributed by atoms with Crippen molar-refractivity contribution in [2.75, 3.05) is 18.0 Å². The van der Waals surface area contributed by atoms with E-state index in [1.54, 1.807) is 12.1 Å². The molecule has 2 aromatic heterocycles. The average molecular weight is 343 g/mol. The number of hydrogen-bond acceptors (Lipinski definition) is 3. The molecule has 0 saturated carbocycles. The van der Waals surface area contributed by atoms with Gasteiger partial charge >= 0.3 is 0 Å². The van der Waals surface area contributed by atoms with Crippen molar-refractivity contribution in [1.29, 1.82) is 0 Å². The molecule has 0 aliphatic carbocycles. The Morgan fingerprint density at radius 2 is 1.84 bits per heavy atom. The lowest BCUT2D eigenvalue weighted by Gasteiger charge is -2.34. The first-order valence-electron chi connectivity index (χ1n) is 8.46. The molecule has 0 N–H and O–H groups in total. The first-order chi connectivity index (χ1) is 12.2. The lowest BCUT2D eigenvalue weighted by molar-refractivity contribution is 0.355. The molecule has 1 aliphatic rings. The van der Waals surface area contributed by atoms with Gasteiger partial charge in [-0.1, -0.05) is 5.16 Å². The Hall–Kier alpha value is -2.63. The minimum atomic E-state index is -0.852. The molecular formula is C19H19F2N3O. The van der Waals surface area contributed by atoms with Crippen molar-refractivity contribution in [3.8, 4) is 11.1 Å². The van der Waals surface area contributed by atoms with Crippen molar-refractivity contribution in [2.45, 2.75) is 19.4 Å². The highest BCUT2D eigenvalue weighted by atomic mass is 19.2. The number of halogens is 2. The Kier molecular flexibility index (Phi) is 4.26. The number of hydrogen-bond donors (Lipinski definition) is 0. The summed E-state index contributed by atoms with van der Waals surface area (Å²) in [6.07, 6.45) is 8.74. The Morgan fingerprint density at radius 3 is 2.52 bits per heavy atom. The Morgan fingerprint density at radius 1 is 1.08 bits per heavy atom. The maximum absolute atomic E-state index is 14.6. The molecule has 0 bridgehead atoms. The first kappa shape index (κ1) is 15.9. The third kappa shape index (κ3) is 3.16. The topological polar surface area (TPSA) is 34.2 Å². The molecule has 1 saturated heterocycles. The molecule has 0 radical (unpaired) electrons. The zero-order valence-corrected chi connectivity index (χ0v) is 13.7. The molecule has 1 fully saturated rings. The molecule has 4 rings (SSSR count). The Balaban J connectivity index is 1.47. The fourth-order valence-corrected chi connectivity index (χ4v) is 3.49. The molecular weight excluding hydrogens is 324 g/mol. The van der Waals surface area contributed by atoms with Crippen LogP contribution in [-0.4, -0.2) is 22.8 Å². The van der Waals surface area contributed by atoms with Crippen LogP contribution in [0.3, 0.4) is 0 Å². The molecule has 0 spiro atoms. The summed E-state index contributed by atoms with van der Waals surface area (Å²) in [5, 5.41) is 3.54. The third-order valence-electron chi connectivity index (χ3n) is 4.90. The second kappa shape index (κ2) is 6.70. The van der Waals surface area contributed by atoms with E-state index in [1.807, 2.05) is 17.0 Å². The van der Waals surface area contributed by atoms with Gasteiger partial charge in [0.15, 0.2) is 11.6 Å². The van der Waals surface area contributed by atoms with Crippen LogP contribution in [0.25, 0.3) is 11.1 Å². The largest absolute Gasteiger partial charge is 0.369 e. The molecule has 3 heterocycles. The zero-order chi connectivity index (χ0) is 17.2. The molecule has 25 heavy (non-hydrogen) atoms. The van der Waals surface area contributed by atoms with E-state index in [1.165, 1.54) is 12.5 Å². The minimum Gasteiger partial charge on any atom is -0.369 e. The summed E-state index contributed by atoms with van der Waals surface area (Å²) in [6, 6.07) is 7.27. The molecule has 1 aromatic carbocycles. The molecule has 6 heteroatoms. The van der Waals surface area contributed by atoms with E-state index in [-0.39, 0.29) is 5.56 Å². The quantitative estimate of drug-likeness (QED) is 0.707. The van der Waals surface area contributed by atoms with E-state index in [0.717, 1.165) is 32.5 Å². The monoisotopic (exact) mass is 343 g/mol. The van der Waals surface area contributed by atoms with Crippen LogP contribution in [0.4, 0.5) is 14.5 Å². The highest BCUT2D eigenvalue weighted by Gasteiger charge is 2.24. The van der Waals surface area contributed by atoms with Gasteiger partial charge in [-0.25, -0.2) is 8.78 Å². The number of benzene rings is 1. The standard InChI is InChI=1S/C19H19F2N3O/c20-18-16(15-11-22-25-13-15)3-4-17(19(18)21)24-9-5-14(6-10-24)12-23-7-1-2-8-23/h1-4,7-8,11,13-14H,5-6,9-10,12H2. The summed E-state index contributed by atoms with van der Waals surface area (Å²) in [5.41, 5.74) is 0.940. The van der Waals surface area contributed by atoms with Gasteiger partial charge in [-0.05, 0) is 43.0 Å². The second-order valence-electron chi connectivity index (χ2n) is 6.48. The normalized spacial score (nSPS) is 15.7. The number of aromatic nitrogens is 2.